The molecule has 6 heteroatoms. The van der Waals surface area contributed by atoms with Crippen LogP contribution in [0.25, 0.3) is 17.0 Å². The number of fused-ring (bicyclic) bond motifs is 1. The minimum atomic E-state index is -0.391. The first kappa shape index (κ1) is 12.3. The Bertz CT molecular complexity index is 795. The Morgan fingerprint density at radius 1 is 1.25 bits per heavy atom. The molecule has 3 heterocycles. The molecule has 6 nitrogen and oxygen atoms in total. The van der Waals surface area contributed by atoms with Gasteiger partial charge in [0.05, 0.1) is 12.7 Å². The average molecular weight is 268 g/mol. The van der Waals surface area contributed by atoms with Gasteiger partial charge in [0.1, 0.15) is 0 Å². The van der Waals surface area contributed by atoms with E-state index in [0.29, 0.717) is 17.0 Å². The molecule has 0 saturated carbocycles. The highest BCUT2D eigenvalue weighted by atomic mass is 16.5. The Morgan fingerprint density at radius 2 is 2.10 bits per heavy atom. The van der Waals surface area contributed by atoms with Crippen molar-refractivity contribution in [3.8, 4) is 11.4 Å². The molecule has 0 spiro atoms. The molecule has 0 aromatic carbocycles. The van der Waals surface area contributed by atoms with E-state index in [1.165, 1.54) is 7.11 Å². The fourth-order valence-corrected chi connectivity index (χ4v) is 2.01. The van der Waals surface area contributed by atoms with Gasteiger partial charge in [0.25, 0.3) is 0 Å². The van der Waals surface area contributed by atoms with Crippen molar-refractivity contribution >= 4 is 11.6 Å². The van der Waals surface area contributed by atoms with Crippen LogP contribution in [0.5, 0.6) is 0 Å². The minimum absolute atomic E-state index is 0.391. The monoisotopic (exact) mass is 268 g/mol. The van der Waals surface area contributed by atoms with E-state index in [1.54, 1.807) is 28.9 Å². The van der Waals surface area contributed by atoms with E-state index in [2.05, 4.69) is 15.2 Å². The number of methoxy groups -OCH3 is 1. The number of carbonyl (C=O) groups is 1. The Hall–Kier alpha value is -2.76. The van der Waals surface area contributed by atoms with E-state index in [0.717, 1.165) is 11.3 Å². The van der Waals surface area contributed by atoms with Crippen molar-refractivity contribution < 1.29 is 9.53 Å². The molecule has 0 aliphatic heterocycles. The second kappa shape index (κ2) is 4.73. The second-order valence-corrected chi connectivity index (χ2v) is 4.35. The highest BCUT2D eigenvalue weighted by Crippen LogP contribution is 2.19. The van der Waals surface area contributed by atoms with Crippen LogP contribution in [0, 0.1) is 6.92 Å². The number of hydrogen-bond donors (Lipinski definition) is 0. The zero-order chi connectivity index (χ0) is 14.1. The maximum absolute atomic E-state index is 11.6. The van der Waals surface area contributed by atoms with Crippen LogP contribution in [0.1, 0.15) is 16.1 Å². The molecule has 3 rings (SSSR count). The van der Waals surface area contributed by atoms with Crippen molar-refractivity contribution in [2.24, 2.45) is 0 Å². The largest absolute Gasteiger partial charge is 0.465 e. The number of aryl methyl sites for hydroxylation is 1. The standard InChI is InChI=1S/C14H12N4O2/c1-9-7-10(5-6-15-9)13-17-16-12-4-3-11(8-18(12)13)14(19)20-2/h3-8H,1-2H3. The average Bonchev–Trinajstić information content (AvgIpc) is 2.89. The number of carbonyl (C=O) groups excluding carboxylic acids is 1. The third kappa shape index (κ3) is 2.01. The molecule has 0 saturated heterocycles. The van der Waals surface area contributed by atoms with Crippen LogP contribution in [0.3, 0.4) is 0 Å². The van der Waals surface area contributed by atoms with Gasteiger partial charge in [-0.1, -0.05) is 0 Å². The predicted molar refractivity (Wildman–Crippen MR) is 72.3 cm³/mol. The van der Waals surface area contributed by atoms with Gasteiger partial charge in [0, 0.05) is 23.7 Å². The lowest BCUT2D eigenvalue weighted by Gasteiger charge is -2.03. The maximum Gasteiger partial charge on any atom is 0.339 e. The van der Waals surface area contributed by atoms with E-state index in [-0.39, 0.29) is 0 Å². The zero-order valence-electron chi connectivity index (χ0n) is 11.1. The molecule has 20 heavy (non-hydrogen) atoms. The summed E-state index contributed by atoms with van der Waals surface area (Å²) in [7, 11) is 1.35. The van der Waals surface area contributed by atoms with Crippen LogP contribution in [0.4, 0.5) is 0 Å². The van der Waals surface area contributed by atoms with Crippen LogP contribution in [0.2, 0.25) is 0 Å². The molecule has 100 valence electrons. The number of rotatable bonds is 2. The molecule has 0 aliphatic carbocycles. The summed E-state index contributed by atoms with van der Waals surface area (Å²) >= 11 is 0. The van der Waals surface area contributed by atoms with Crippen LogP contribution >= 0.6 is 0 Å². The van der Waals surface area contributed by atoms with Gasteiger partial charge in [-0.05, 0) is 31.2 Å². The van der Waals surface area contributed by atoms with Gasteiger partial charge < -0.3 is 4.74 Å². The smallest absolute Gasteiger partial charge is 0.339 e. The highest BCUT2D eigenvalue weighted by molar-refractivity contribution is 5.89. The van der Waals surface area contributed by atoms with Crippen molar-refractivity contribution in [2.75, 3.05) is 7.11 Å². The summed E-state index contributed by atoms with van der Waals surface area (Å²) in [6.45, 7) is 1.91. The fourth-order valence-electron chi connectivity index (χ4n) is 2.01. The topological polar surface area (TPSA) is 69.4 Å². The molecule has 0 atom stereocenters. The first-order valence-corrected chi connectivity index (χ1v) is 6.05. The third-order valence-corrected chi connectivity index (χ3v) is 2.98. The molecule has 3 aromatic rings. The van der Waals surface area contributed by atoms with Gasteiger partial charge in [-0.3, -0.25) is 9.38 Å². The van der Waals surface area contributed by atoms with Gasteiger partial charge in [-0.25, -0.2) is 4.79 Å². The van der Waals surface area contributed by atoms with Crippen LogP contribution in [0.15, 0.2) is 36.7 Å². The Labute approximate surface area is 115 Å². The molecular formula is C14H12N4O2. The summed E-state index contributed by atoms with van der Waals surface area (Å²) in [6, 6.07) is 7.17. The third-order valence-electron chi connectivity index (χ3n) is 2.98. The molecule has 0 N–H and O–H groups in total. The lowest BCUT2D eigenvalue weighted by Crippen LogP contribution is -2.03. The SMILES string of the molecule is COC(=O)c1ccc2nnc(-c3ccnc(C)c3)n2c1. The summed E-state index contributed by atoms with van der Waals surface area (Å²) in [4.78, 5) is 15.8. The highest BCUT2D eigenvalue weighted by Gasteiger charge is 2.12. The number of esters is 1. The molecule has 0 aliphatic rings. The van der Waals surface area contributed by atoms with Crippen molar-refractivity contribution in [1.82, 2.24) is 19.6 Å². The van der Waals surface area contributed by atoms with Crippen LogP contribution < -0.4 is 0 Å². The number of aromatic nitrogens is 4. The summed E-state index contributed by atoms with van der Waals surface area (Å²) in [6.07, 6.45) is 3.39. The van der Waals surface area contributed by atoms with E-state index in [4.69, 9.17) is 4.74 Å². The number of ether oxygens (including phenoxy) is 1. The summed E-state index contributed by atoms with van der Waals surface area (Å²) < 4.78 is 6.49. The maximum atomic E-state index is 11.6. The Balaban J connectivity index is 2.19. The first-order valence-electron chi connectivity index (χ1n) is 6.05. The summed E-state index contributed by atoms with van der Waals surface area (Å²) in [5.41, 5.74) is 2.91. The second-order valence-electron chi connectivity index (χ2n) is 4.35. The molecule has 0 fully saturated rings. The first-order chi connectivity index (χ1) is 9.69. The fraction of sp³-hybridized carbons (Fsp3) is 0.143. The van der Waals surface area contributed by atoms with Crippen molar-refractivity contribution in [3.05, 3.63) is 47.9 Å². The van der Waals surface area contributed by atoms with E-state index in [1.807, 2.05) is 19.1 Å². The predicted octanol–water partition coefficient (Wildman–Crippen LogP) is 1.89. The number of hydrogen-bond acceptors (Lipinski definition) is 5. The minimum Gasteiger partial charge on any atom is -0.465 e. The molecule has 0 radical (unpaired) electrons. The Morgan fingerprint density at radius 3 is 2.85 bits per heavy atom. The zero-order valence-corrected chi connectivity index (χ0v) is 11.1. The summed E-state index contributed by atoms with van der Waals surface area (Å²) in [5.74, 6) is 0.272. The van der Waals surface area contributed by atoms with Gasteiger partial charge in [0.2, 0.25) is 0 Å². The van der Waals surface area contributed by atoms with Gasteiger partial charge in [0.15, 0.2) is 11.5 Å². The normalized spacial score (nSPS) is 10.7. The lowest BCUT2D eigenvalue weighted by molar-refractivity contribution is 0.0600. The van der Waals surface area contributed by atoms with E-state index in [9.17, 15) is 4.79 Å². The van der Waals surface area contributed by atoms with E-state index >= 15 is 0 Å². The quantitative estimate of drug-likeness (QED) is 0.664. The van der Waals surface area contributed by atoms with Gasteiger partial charge in [-0.15, -0.1) is 10.2 Å². The molecule has 0 bridgehead atoms. The van der Waals surface area contributed by atoms with Gasteiger partial charge in [-0.2, -0.15) is 0 Å². The lowest BCUT2D eigenvalue weighted by atomic mass is 10.2. The van der Waals surface area contributed by atoms with Gasteiger partial charge >= 0.3 is 5.97 Å². The molecule has 3 aromatic heterocycles. The van der Waals surface area contributed by atoms with E-state index < -0.39 is 5.97 Å². The van der Waals surface area contributed by atoms with Crippen molar-refractivity contribution in [3.63, 3.8) is 0 Å². The number of nitrogens with zero attached hydrogens (tertiary/aromatic N) is 4. The molecule has 0 unspecified atom stereocenters. The molecular weight excluding hydrogens is 256 g/mol. The van der Waals surface area contributed by atoms with Crippen LogP contribution in [-0.4, -0.2) is 32.7 Å². The van der Waals surface area contributed by atoms with Crippen molar-refractivity contribution in [1.29, 1.82) is 0 Å². The molecule has 0 amide bonds. The van der Waals surface area contributed by atoms with Crippen molar-refractivity contribution in [2.45, 2.75) is 6.92 Å². The summed E-state index contributed by atoms with van der Waals surface area (Å²) in [5, 5.41) is 8.26. The van der Waals surface area contributed by atoms with Crippen LogP contribution in [-0.2, 0) is 4.74 Å². The number of pyridine rings is 2. The Kier molecular flexibility index (Phi) is 2.90.